The maximum absolute atomic E-state index is 11.8. The molecule has 0 aliphatic rings. The van der Waals surface area contributed by atoms with E-state index in [0.29, 0.717) is 0 Å². The summed E-state index contributed by atoms with van der Waals surface area (Å²) in [7, 11) is 0.873. The highest BCUT2D eigenvalue weighted by atomic mass is 32.2. The van der Waals surface area contributed by atoms with Gasteiger partial charge in [-0.05, 0) is 23.9 Å². The number of rotatable bonds is 1. The molecule has 0 spiro atoms. The number of benzene rings is 1. The van der Waals surface area contributed by atoms with Gasteiger partial charge in [-0.1, -0.05) is 17.3 Å². The van der Waals surface area contributed by atoms with Gasteiger partial charge in [0.25, 0.3) is 0 Å². The summed E-state index contributed by atoms with van der Waals surface area (Å²) in [5.41, 5.74) is -4.17. The number of hydrogen-bond donors (Lipinski definition) is 0. The molecule has 1 rings (SSSR count). The van der Waals surface area contributed by atoms with E-state index < -0.39 is 5.51 Å². The normalized spacial score (nSPS) is 11.9. The smallest absolute Gasteiger partial charge is 0.160 e. The SMILES string of the molecule is FC(F)(F)Sc1ccc([SiH3])cc1. The van der Waals surface area contributed by atoms with Crippen LogP contribution in [0.25, 0.3) is 0 Å². The topological polar surface area (TPSA) is 0 Å². The second kappa shape index (κ2) is 3.53. The van der Waals surface area contributed by atoms with Crippen LogP contribution in [0.3, 0.4) is 0 Å². The number of hydrogen-bond acceptors (Lipinski definition) is 1. The quantitative estimate of drug-likeness (QED) is 0.495. The van der Waals surface area contributed by atoms with Gasteiger partial charge in [-0.25, -0.2) is 0 Å². The molecule has 0 saturated heterocycles. The third-order valence-electron chi connectivity index (χ3n) is 1.25. The molecule has 0 aliphatic heterocycles. The van der Waals surface area contributed by atoms with Crippen molar-refractivity contribution in [3.8, 4) is 0 Å². The fourth-order valence-electron chi connectivity index (χ4n) is 0.740. The lowest BCUT2D eigenvalue weighted by atomic mass is 10.4. The summed E-state index contributed by atoms with van der Waals surface area (Å²) in [6.07, 6.45) is 0. The minimum absolute atomic E-state index is 0.0751. The van der Waals surface area contributed by atoms with Gasteiger partial charge in [0, 0.05) is 15.1 Å². The van der Waals surface area contributed by atoms with Crippen LogP contribution in [0.4, 0.5) is 13.2 Å². The van der Waals surface area contributed by atoms with E-state index >= 15 is 0 Å². The molecule has 0 unspecified atom stereocenters. The standard InChI is InChI=1S/C7H7F3SSi/c8-7(9,10)11-5-1-3-6(12)4-2-5/h1-4H,12H3. The lowest BCUT2D eigenvalue weighted by molar-refractivity contribution is -0.0328. The van der Waals surface area contributed by atoms with Crippen molar-refractivity contribution in [2.45, 2.75) is 10.4 Å². The molecule has 0 aromatic heterocycles. The van der Waals surface area contributed by atoms with Crippen molar-refractivity contribution in [2.75, 3.05) is 0 Å². The Morgan fingerprint density at radius 1 is 1.08 bits per heavy atom. The summed E-state index contributed by atoms with van der Waals surface area (Å²) in [5, 5.41) is 1.10. The molecule has 1 aromatic rings. The minimum Gasteiger partial charge on any atom is -0.160 e. The molecule has 0 amide bonds. The zero-order chi connectivity index (χ0) is 9.19. The molecule has 0 nitrogen and oxygen atoms in total. The third-order valence-corrected chi connectivity index (χ3v) is 2.66. The van der Waals surface area contributed by atoms with E-state index in [0.717, 1.165) is 15.4 Å². The van der Waals surface area contributed by atoms with E-state index in [1.165, 1.54) is 12.1 Å². The summed E-state index contributed by atoms with van der Waals surface area (Å²) in [4.78, 5) is 0.252. The van der Waals surface area contributed by atoms with Gasteiger partial charge in [0.15, 0.2) is 0 Å². The fourth-order valence-corrected chi connectivity index (χ4v) is 1.61. The van der Waals surface area contributed by atoms with Crippen LogP contribution in [0.5, 0.6) is 0 Å². The Kier molecular flexibility index (Phi) is 2.84. The van der Waals surface area contributed by atoms with E-state index in [9.17, 15) is 13.2 Å². The van der Waals surface area contributed by atoms with E-state index in [1.807, 2.05) is 0 Å². The average Bonchev–Trinajstić information content (AvgIpc) is 1.91. The predicted molar refractivity (Wildman–Crippen MR) is 47.9 cm³/mol. The fraction of sp³-hybridized carbons (Fsp3) is 0.143. The zero-order valence-electron chi connectivity index (χ0n) is 6.35. The summed E-state index contributed by atoms with van der Waals surface area (Å²) < 4.78 is 35.4. The second-order valence-electron chi connectivity index (χ2n) is 2.36. The third kappa shape index (κ3) is 3.32. The van der Waals surface area contributed by atoms with Gasteiger partial charge in [-0.15, -0.1) is 0 Å². The highest BCUT2D eigenvalue weighted by Crippen LogP contribution is 2.36. The number of halogens is 3. The van der Waals surface area contributed by atoms with Gasteiger partial charge in [0.2, 0.25) is 0 Å². The molecule has 0 bridgehead atoms. The van der Waals surface area contributed by atoms with E-state index in [2.05, 4.69) is 0 Å². The molecule has 1 aromatic carbocycles. The molecule has 12 heavy (non-hydrogen) atoms. The maximum Gasteiger partial charge on any atom is 0.446 e. The molecule has 0 atom stereocenters. The maximum atomic E-state index is 11.8. The number of thioether (sulfide) groups is 1. The van der Waals surface area contributed by atoms with Gasteiger partial charge >= 0.3 is 5.51 Å². The van der Waals surface area contributed by atoms with Crippen LogP contribution in [0, 0.1) is 0 Å². The Bertz CT molecular complexity index is 254. The first-order valence-corrected chi connectivity index (χ1v) is 5.11. The van der Waals surface area contributed by atoms with E-state index in [4.69, 9.17) is 0 Å². The first-order chi connectivity index (χ1) is 5.47. The van der Waals surface area contributed by atoms with Crippen molar-refractivity contribution in [3.05, 3.63) is 24.3 Å². The molecular formula is C7H7F3SSi. The molecular weight excluding hydrogens is 201 g/mol. The first kappa shape index (κ1) is 9.66. The molecule has 0 radical (unpaired) electrons. The predicted octanol–water partition coefficient (Wildman–Crippen LogP) is 1.29. The minimum atomic E-state index is -4.17. The van der Waals surface area contributed by atoms with Gasteiger partial charge in [0.1, 0.15) is 0 Å². The van der Waals surface area contributed by atoms with E-state index in [-0.39, 0.29) is 16.7 Å². The van der Waals surface area contributed by atoms with Gasteiger partial charge in [-0.3, -0.25) is 0 Å². The van der Waals surface area contributed by atoms with Gasteiger partial charge in [-0.2, -0.15) is 13.2 Å². The molecule has 0 heterocycles. The summed E-state index contributed by atoms with van der Waals surface area (Å²) in [6, 6.07) is 6.45. The molecule has 0 aliphatic carbocycles. The lowest BCUT2D eigenvalue weighted by Gasteiger charge is -2.04. The van der Waals surface area contributed by atoms with Crippen molar-refractivity contribution < 1.29 is 13.2 Å². The molecule has 0 saturated carbocycles. The van der Waals surface area contributed by atoms with Crippen molar-refractivity contribution in [1.82, 2.24) is 0 Å². The van der Waals surface area contributed by atoms with Crippen LogP contribution >= 0.6 is 11.8 Å². The Balaban J connectivity index is 2.71. The Hall–Kier alpha value is -0.423. The Morgan fingerprint density at radius 2 is 1.58 bits per heavy atom. The van der Waals surface area contributed by atoms with Crippen LogP contribution < -0.4 is 5.19 Å². The lowest BCUT2D eigenvalue weighted by Crippen LogP contribution is -2.02. The molecule has 66 valence electrons. The van der Waals surface area contributed by atoms with Gasteiger partial charge < -0.3 is 0 Å². The van der Waals surface area contributed by atoms with Crippen LogP contribution in [-0.2, 0) is 0 Å². The van der Waals surface area contributed by atoms with Crippen molar-refractivity contribution in [3.63, 3.8) is 0 Å². The highest BCUT2D eigenvalue weighted by Gasteiger charge is 2.28. The largest absolute Gasteiger partial charge is 0.446 e. The Morgan fingerprint density at radius 3 is 2.00 bits per heavy atom. The average molecular weight is 208 g/mol. The zero-order valence-corrected chi connectivity index (χ0v) is 9.17. The van der Waals surface area contributed by atoms with Gasteiger partial charge in [0.05, 0.1) is 0 Å². The molecule has 0 N–H and O–H groups in total. The monoisotopic (exact) mass is 208 g/mol. The van der Waals surface area contributed by atoms with Crippen LogP contribution in [0.15, 0.2) is 29.2 Å². The van der Waals surface area contributed by atoms with Crippen molar-refractivity contribution in [1.29, 1.82) is 0 Å². The summed E-state index contributed by atoms with van der Waals surface area (Å²) in [5.74, 6) is 0. The molecule has 5 heteroatoms. The first-order valence-electron chi connectivity index (χ1n) is 3.30. The van der Waals surface area contributed by atoms with Crippen molar-refractivity contribution >= 4 is 27.2 Å². The Labute approximate surface area is 75.6 Å². The number of alkyl halides is 3. The second-order valence-corrected chi connectivity index (χ2v) is 4.65. The van der Waals surface area contributed by atoms with E-state index in [1.54, 1.807) is 12.1 Å². The summed E-state index contributed by atoms with van der Waals surface area (Å²) in [6.45, 7) is 0. The highest BCUT2D eigenvalue weighted by molar-refractivity contribution is 8.00. The summed E-state index contributed by atoms with van der Waals surface area (Å²) >= 11 is -0.0751. The van der Waals surface area contributed by atoms with Crippen LogP contribution in [0.1, 0.15) is 0 Å². The van der Waals surface area contributed by atoms with Crippen LogP contribution in [-0.4, -0.2) is 15.8 Å². The molecule has 0 fully saturated rings. The van der Waals surface area contributed by atoms with Crippen molar-refractivity contribution in [2.24, 2.45) is 0 Å². The van der Waals surface area contributed by atoms with Crippen LogP contribution in [0.2, 0.25) is 0 Å².